The third-order valence-electron chi connectivity index (χ3n) is 5.18. The van der Waals surface area contributed by atoms with E-state index in [-0.39, 0.29) is 5.60 Å². The van der Waals surface area contributed by atoms with Crippen LogP contribution in [-0.4, -0.2) is 34.6 Å². The van der Waals surface area contributed by atoms with E-state index in [9.17, 15) is 4.21 Å². The van der Waals surface area contributed by atoms with Crippen LogP contribution in [0.5, 0.6) is 0 Å². The highest BCUT2D eigenvalue weighted by Crippen LogP contribution is 2.41. The van der Waals surface area contributed by atoms with Gasteiger partial charge in [0.15, 0.2) is 5.79 Å². The molecule has 3 aliphatic heterocycles. The van der Waals surface area contributed by atoms with Crippen molar-refractivity contribution in [2.24, 2.45) is 0 Å². The van der Waals surface area contributed by atoms with Crippen molar-refractivity contribution in [2.75, 3.05) is 19.0 Å². The van der Waals surface area contributed by atoms with Crippen LogP contribution >= 0.6 is 0 Å². The molecule has 3 heterocycles. The maximum atomic E-state index is 12.7. The normalized spacial score (nSPS) is 28.8. The number of hydrogen-bond donors (Lipinski definition) is 0. The Morgan fingerprint density at radius 2 is 1.69 bits per heavy atom. The Hall–Kier alpha value is -1.53. The minimum Gasteiger partial charge on any atom is -0.365 e. The molecule has 0 unspecified atom stereocenters. The highest BCUT2D eigenvalue weighted by atomic mass is 32.2. The lowest BCUT2D eigenvalue weighted by Crippen LogP contribution is -2.62. The van der Waals surface area contributed by atoms with Gasteiger partial charge in [-0.1, -0.05) is 48.0 Å². The molecule has 26 heavy (non-hydrogen) atoms. The van der Waals surface area contributed by atoms with Crippen LogP contribution in [0.2, 0.25) is 0 Å². The fourth-order valence-electron chi connectivity index (χ4n) is 3.41. The zero-order valence-electron chi connectivity index (χ0n) is 15.0. The zero-order valence-corrected chi connectivity index (χ0v) is 15.8. The number of hydrogen-bond acceptors (Lipinski definition) is 4. The average Bonchev–Trinajstić information content (AvgIpc) is 2.69. The Labute approximate surface area is 156 Å². The van der Waals surface area contributed by atoms with Gasteiger partial charge in [0, 0.05) is 11.3 Å². The maximum absolute atomic E-state index is 12.7. The minimum absolute atomic E-state index is 0.366. The van der Waals surface area contributed by atoms with Crippen molar-refractivity contribution in [2.45, 2.75) is 42.7 Å². The monoisotopic (exact) mass is 372 g/mol. The predicted octanol–water partition coefficient (Wildman–Crippen LogP) is 3.60. The fourth-order valence-corrected chi connectivity index (χ4v) is 4.73. The smallest absolute Gasteiger partial charge is 0.180 e. The summed E-state index contributed by atoms with van der Waals surface area (Å²) in [4.78, 5) is 0.819. The van der Waals surface area contributed by atoms with Crippen LogP contribution in [-0.2, 0) is 31.6 Å². The molecule has 0 amide bonds. The Kier molecular flexibility index (Phi) is 4.97. The summed E-state index contributed by atoms with van der Waals surface area (Å²) < 4.78 is 30.9. The molecule has 0 N–H and O–H groups in total. The van der Waals surface area contributed by atoms with Gasteiger partial charge in [-0.05, 0) is 31.0 Å². The van der Waals surface area contributed by atoms with Gasteiger partial charge in [-0.15, -0.1) is 0 Å². The Balaban J connectivity index is 1.36. The molecular weight excluding hydrogens is 348 g/mol. The van der Waals surface area contributed by atoms with Gasteiger partial charge in [0.05, 0.1) is 36.4 Å². The molecule has 0 spiro atoms. The van der Waals surface area contributed by atoms with Gasteiger partial charge in [-0.25, -0.2) is 0 Å². The van der Waals surface area contributed by atoms with Gasteiger partial charge in [0.1, 0.15) is 5.60 Å². The molecule has 3 fully saturated rings. The van der Waals surface area contributed by atoms with Crippen LogP contribution in [0.25, 0.3) is 0 Å². The quantitative estimate of drug-likeness (QED) is 0.777. The van der Waals surface area contributed by atoms with Crippen LogP contribution in [0.1, 0.15) is 24.0 Å². The van der Waals surface area contributed by atoms with E-state index in [1.165, 1.54) is 0 Å². The third-order valence-corrected chi connectivity index (χ3v) is 6.68. The van der Waals surface area contributed by atoms with E-state index >= 15 is 0 Å². The lowest BCUT2D eigenvalue weighted by atomic mass is 9.89. The van der Waals surface area contributed by atoms with Gasteiger partial charge in [0.25, 0.3) is 0 Å². The van der Waals surface area contributed by atoms with E-state index in [1.54, 1.807) is 0 Å². The maximum Gasteiger partial charge on any atom is 0.180 e. The Morgan fingerprint density at radius 1 is 1.00 bits per heavy atom. The minimum atomic E-state index is -1.14. The van der Waals surface area contributed by atoms with Crippen molar-refractivity contribution in [1.82, 2.24) is 0 Å². The van der Waals surface area contributed by atoms with Gasteiger partial charge in [-0.2, -0.15) is 0 Å². The molecule has 2 aromatic carbocycles. The van der Waals surface area contributed by atoms with Crippen molar-refractivity contribution in [1.29, 1.82) is 0 Å². The first kappa shape index (κ1) is 17.9. The second-order valence-corrected chi connectivity index (χ2v) is 8.70. The molecule has 4 nitrogen and oxygen atoms in total. The van der Waals surface area contributed by atoms with Crippen molar-refractivity contribution >= 4 is 10.8 Å². The summed E-state index contributed by atoms with van der Waals surface area (Å²) in [5, 5.41) is 0. The van der Waals surface area contributed by atoms with Crippen LogP contribution in [0.4, 0.5) is 0 Å². The summed E-state index contributed by atoms with van der Waals surface area (Å²) >= 11 is 0. The molecule has 2 bridgehead atoms. The highest BCUT2D eigenvalue weighted by molar-refractivity contribution is 7.85. The molecular formula is C21H24O4S. The van der Waals surface area contributed by atoms with Gasteiger partial charge in [-0.3, -0.25) is 4.21 Å². The lowest BCUT2D eigenvalue weighted by Gasteiger charge is -2.52. The molecule has 3 aliphatic rings. The van der Waals surface area contributed by atoms with E-state index in [0.717, 1.165) is 22.4 Å². The van der Waals surface area contributed by atoms with E-state index in [2.05, 4.69) is 12.1 Å². The summed E-state index contributed by atoms with van der Waals surface area (Å²) in [6.45, 7) is 3.56. The molecule has 0 aromatic heterocycles. The second-order valence-electron chi connectivity index (χ2n) is 7.25. The first-order valence-corrected chi connectivity index (χ1v) is 10.3. The molecule has 2 aromatic rings. The molecule has 138 valence electrons. The molecule has 0 radical (unpaired) electrons. The second kappa shape index (κ2) is 7.24. The van der Waals surface area contributed by atoms with E-state index < -0.39 is 16.6 Å². The molecule has 3 saturated heterocycles. The van der Waals surface area contributed by atoms with Crippen molar-refractivity contribution in [3.05, 3.63) is 65.7 Å². The van der Waals surface area contributed by atoms with Crippen LogP contribution in [0, 0.1) is 6.92 Å². The van der Waals surface area contributed by atoms with E-state index in [0.29, 0.717) is 32.0 Å². The molecule has 5 rings (SSSR count). The first-order valence-electron chi connectivity index (χ1n) is 8.99. The van der Waals surface area contributed by atoms with Crippen LogP contribution in [0.3, 0.4) is 0 Å². The lowest BCUT2D eigenvalue weighted by molar-refractivity contribution is -0.354. The number of rotatable bonds is 6. The average molecular weight is 372 g/mol. The largest absolute Gasteiger partial charge is 0.365 e. The van der Waals surface area contributed by atoms with Crippen molar-refractivity contribution in [3.63, 3.8) is 0 Å². The Bertz CT molecular complexity index is 748. The van der Waals surface area contributed by atoms with Gasteiger partial charge in [0.2, 0.25) is 0 Å². The number of benzene rings is 2. The molecule has 0 aliphatic carbocycles. The number of aryl methyl sites for hydroxylation is 1. The fraction of sp³-hybridized carbons (Fsp3) is 0.429. The highest BCUT2D eigenvalue weighted by Gasteiger charge is 2.52. The SMILES string of the molecule is Cc1ccc([S@](=O)CC23CCC(OCc4ccccc4)(CO2)CO3)cc1. The summed E-state index contributed by atoms with van der Waals surface area (Å²) in [6, 6.07) is 17.9. The first-order chi connectivity index (χ1) is 12.6. The summed E-state index contributed by atoms with van der Waals surface area (Å²) in [5.41, 5.74) is 1.92. The number of ether oxygens (including phenoxy) is 3. The molecule has 0 saturated carbocycles. The van der Waals surface area contributed by atoms with Crippen LogP contribution < -0.4 is 0 Å². The standard InChI is InChI=1S/C21H24O4S/c1-17-7-9-19(10-8-17)26(22)16-21-12-11-20(14-24-21,15-25-21)23-13-18-5-3-2-4-6-18/h2-10H,11-16H2,1H3/t20?,21?,26-/m1/s1. The van der Waals surface area contributed by atoms with Crippen LogP contribution in [0.15, 0.2) is 59.5 Å². The van der Waals surface area contributed by atoms with Crippen molar-refractivity contribution in [3.8, 4) is 0 Å². The van der Waals surface area contributed by atoms with E-state index in [4.69, 9.17) is 14.2 Å². The third kappa shape index (κ3) is 3.76. The van der Waals surface area contributed by atoms with Gasteiger partial charge < -0.3 is 14.2 Å². The predicted molar refractivity (Wildman–Crippen MR) is 100 cm³/mol. The summed E-state index contributed by atoms with van der Waals surface area (Å²) in [7, 11) is -1.14. The zero-order chi connectivity index (χ0) is 18.0. The topological polar surface area (TPSA) is 44.8 Å². The number of fused-ring (bicyclic) bond motifs is 3. The Morgan fingerprint density at radius 3 is 2.31 bits per heavy atom. The van der Waals surface area contributed by atoms with Gasteiger partial charge >= 0.3 is 0 Å². The summed E-state index contributed by atoms with van der Waals surface area (Å²) in [6.07, 6.45) is 1.57. The molecule has 5 heteroatoms. The van der Waals surface area contributed by atoms with E-state index in [1.807, 2.05) is 49.4 Å². The molecule has 1 atom stereocenters. The summed E-state index contributed by atoms with van der Waals surface area (Å²) in [5.74, 6) is -0.377. The van der Waals surface area contributed by atoms with Crippen molar-refractivity contribution < 1.29 is 18.4 Å².